The Morgan fingerprint density at radius 1 is 1.27 bits per heavy atom. The molecule has 0 amide bonds. The van der Waals surface area contributed by atoms with Gasteiger partial charge in [-0.15, -0.1) is 12.4 Å². The van der Waals surface area contributed by atoms with Crippen molar-refractivity contribution in [2.45, 2.75) is 22.8 Å². The molecule has 1 aromatic carbocycles. The van der Waals surface area contributed by atoms with Crippen LogP contribution in [-0.4, -0.2) is 53.1 Å². The predicted molar refractivity (Wildman–Crippen MR) is 90.7 cm³/mol. The van der Waals surface area contributed by atoms with Crippen LogP contribution in [0.1, 0.15) is 6.92 Å². The van der Waals surface area contributed by atoms with Crippen molar-refractivity contribution in [3.05, 3.63) is 22.7 Å². The zero-order chi connectivity index (χ0) is 15.8. The standard InChI is InChI=1S/C12H17BrN2O4S2.ClH/c1-9-8-15(6-5-14-9)21(18,19)12-7-10(20(2,16)17)3-4-11(12)13;/h3-4,7,9,14H,5-6,8H2,1-2H3;1H. The molecule has 0 bridgehead atoms. The van der Waals surface area contributed by atoms with Gasteiger partial charge in [0.2, 0.25) is 10.0 Å². The first-order valence-electron chi connectivity index (χ1n) is 6.35. The Labute approximate surface area is 145 Å². The number of sulfone groups is 1. The predicted octanol–water partition coefficient (Wildman–Crippen LogP) is 1.26. The Balaban J connectivity index is 0.00000242. The Morgan fingerprint density at radius 2 is 1.91 bits per heavy atom. The van der Waals surface area contributed by atoms with Crippen LogP contribution in [0, 0.1) is 0 Å². The molecule has 0 aromatic heterocycles. The molecule has 0 radical (unpaired) electrons. The summed E-state index contributed by atoms with van der Waals surface area (Å²) in [5.41, 5.74) is 0. The Hall–Kier alpha value is -0.190. The summed E-state index contributed by atoms with van der Waals surface area (Å²) < 4.78 is 50.4. The second-order valence-electron chi connectivity index (χ2n) is 5.08. The molecule has 126 valence electrons. The highest BCUT2D eigenvalue weighted by Gasteiger charge is 2.30. The van der Waals surface area contributed by atoms with Crippen molar-refractivity contribution in [3.63, 3.8) is 0 Å². The second-order valence-corrected chi connectivity index (χ2v) is 9.86. The van der Waals surface area contributed by atoms with Crippen LogP contribution in [0.15, 0.2) is 32.5 Å². The average molecular weight is 434 g/mol. The number of hydrogen-bond donors (Lipinski definition) is 1. The molecule has 1 atom stereocenters. The number of halogens is 2. The van der Waals surface area contributed by atoms with Gasteiger partial charge in [-0.25, -0.2) is 16.8 Å². The lowest BCUT2D eigenvalue weighted by Gasteiger charge is -2.31. The van der Waals surface area contributed by atoms with Crippen LogP contribution in [0.5, 0.6) is 0 Å². The van der Waals surface area contributed by atoms with Crippen LogP contribution < -0.4 is 5.32 Å². The highest BCUT2D eigenvalue weighted by atomic mass is 79.9. The van der Waals surface area contributed by atoms with Gasteiger partial charge in [0.05, 0.1) is 9.79 Å². The summed E-state index contributed by atoms with van der Waals surface area (Å²) in [6.07, 6.45) is 1.06. The van der Waals surface area contributed by atoms with Crippen molar-refractivity contribution in [1.29, 1.82) is 0 Å². The van der Waals surface area contributed by atoms with Crippen molar-refractivity contribution < 1.29 is 16.8 Å². The summed E-state index contributed by atoms with van der Waals surface area (Å²) in [6, 6.07) is 4.11. The maximum atomic E-state index is 12.7. The van der Waals surface area contributed by atoms with E-state index in [9.17, 15) is 16.8 Å². The van der Waals surface area contributed by atoms with Gasteiger partial charge < -0.3 is 5.32 Å². The molecular formula is C12H18BrClN2O4S2. The first kappa shape index (κ1) is 19.9. The van der Waals surface area contributed by atoms with Crippen LogP contribution in [0.4, 0.5) is 0 Å². The fraction of sp³-hybridized carbons (Fsp3) is 0.500. The lowest BCUT2D eigenvalue weighted by molar-refractivity contribution is 0.310. The smallest absolute Gasteiger partial charge is 0.244 e. The number of sulfonamides is 1. The monoisotopic (exact) mass is 432 g/mol. The summed E-state index contributed by atoms with van der Waals surface area (Å²) in [4.78, 5) is -0.0213. The van der Waals surface area contributed by atoms with Crippen molar-refractivity contribution in [3.8, 4) is 0 Å². The molecule has 1 N–H and O–H groups in total. The van der Waals surface area contributed by atoms with Crippen LogP contribution in [0.2, 0.25) is 0 Å². The number of hydrogen-bond acceptors (Lipinski definition) is 5. The SMILES string of the molecule is CC1CN(S(=O)(=O)c2cc(S(C)(=O)=O)ccc2Br)CCN1.Cl. The molecule has 0 saturated carbocycles. The minimum absolute atomic E-state index is 0. The van der Waals surface area contributed by atoms with E-state index in [1.54, 1.807) is 0 Å². The molecule has 1 aromatic rings. The fourth-order valence-corrected chi connectivity index (χ4v) is 5.37. The first-order chi connectivity index (χ1) is 9.62. The van der Waals surface area contributed by atoms with E-state index in [0.717, 1.165) is 6.26 Å². The summed E-state index contributed by atoms with van der Waals surface area (Å²) in [7, 11) is -7.19. The summed E-state index contributed by atoms with van der Waals surface area (Å²) in [5.74, 6) is 0. The van der Waals surface area contributed by atoms with Crippen molar-refractivity contribution >= 4 is 48.2 Å². The van der Waals surface area contributed by atoms with Gasteiger partial charge in [0, 0.05) is 36.4 Å². The van der Waals surface area contributed by atoms with E-state index in [1.807, 2.05) is 6.92 Å². The Morgan fingerprint density at radius 3 is 2.45 bits per heavy atom. The average Bonchev–Trinajstić information content (AvgIpc) is 2.37. The highest BCUT2D eigenvalue weighted by molar-refractivity contribution is 9.10. The number of nitrogens with one attached hydrogen (secondary N) is 1. The Kier molecular flexibility index (Phi) is 6.45. The zero-order valence-electron chi connectivity index (χ0n) is 12.1. The van der Waals surface area contributed by atoms with Gasteiger partial charge in [-0.3, -0.25) is 0 Å². The largest absolute Gasteiger partial charge is 0.312 e. The lowest BCUT2D eigenvalue weighted by Crippen LogP contribution is -2.51. The summed E-state index contributed by atoms with van der Waals surface area (Å²) >= 11 is 3.20. The van der Waals surface area contributed by atoms with E-state index in [2.05, 4.69) is 21.2 Å². The molecule has 1 saturated heterocycles. The molecule has 1 fully saturated rings. The van der Waals surface area contributed by atoms with Gasteiger partial charge in [0.15, 0.2) is 9.84 Å². The van der Waals surface area contributed by atoms with Gasteiger partial charge >= 0.3 is 0 Å². The van der Waals surface area contributed by atoms with Gasteiger partial charge in [-0.05, 0) is 41.1 Å². The van der Waals surface area contributed by atoms with Crippen LogP contribution >= 0.6 is 28.3 Å². The molecule has 10 heteroatoms. The van der Waals surface area contributed by atoms with E-state index in [0.29, 0.717) is 24.1 Å². The quantitative estimate of drug-likeness (QED) is 0.776. The van der Waals surface area contributed by atoms with E-state index >= 15 is 0 Å². The number of nitrogens with zero attached hydrogens (tertiary/aromatic N) is 1. The normalized spacial score (nSPS) is 20.4. The number of rotatable bonds is 3. The maximum absolute atomic E-state index is 12.7. The van der Waals surface area contributed by atoms with Crippen molar-refractivity contribution in [2.24, 2.45) is 0 Å². The third kappa shape index (κ3) is 4.21. The second kappa shape index (κ2) is 7.14. The maximum Gasteiger partial charge on any atom is 0.244 e. The molecule has 1 heterocycles. The Bertz CT molecular complexity index is 752. The van der Waals surface area contributed by atoms with Crippen molar-refractivity contribution in [1.82, 2.24) is 9.62 Å². The molecule has 6 nitrogen and oxygen atoms in total. The number of piperazine rings is 1. The molecule has 22 heavy (non-hydrogen) atoms. The molecule has 1 aliphatic heterocycles. The summed E-state index contributed by atoms with van der Waals surface area (Å²) in [6.45, 7) is 3.20. The third-order valence-electron chi connectivity index (χ3n) is 3.28. The van der Waals surface area contributed by atoms with Crippen LogP contribution in [0.3, 0.4) is 0 Å². The van der Waals surface area contributed by atoms with Crippen molar-refractivity contribution in [2.75, 3.05) is 25.9 Å². The van der Waals surface area contributed by atoms with E-state index < -0.39 is 19.9 Å². The molecule has 1 unspecified atom stereocenters. The minimum atomic E-state index is -3.73. The van der Waals surface area contributed by atoms with Gasteiger partial charge in [-0.2, -0.15) is 4.31 Å². The van der Waals surface area contributed by atoms with Crippen LogP contribution in [0.25, 0.3) is 0 Å². The molecule has 0 aliphatic carbocycles. The lowest BCUT2D eigenvalue weighted by atomic mass is 10.3. The highest BCUT2D eigenvalue weighted by Crippen LogP contribution is 2.28. The number of benzene rings is 1. The van der Waals surface area contributed by atoms with E-state index in [-0.39, 0.29) is 28.2 Å². The molecular weight excluding hydrogens is 416 g/mol. The summed E-state index contributed by atoms with van der Waals surface area (Å²) in [5, 5.41) is 3.17. The molecule has 2 rings (SSSR count). The van der Waals surface area contributed by atoms with E-state index in [4.69, 9.17) is 0 Å². The van der Waals surface area contributed by atoms with Gasteiger partial charge in [0.25, 0.3) is 0 Å². The van der Waals surface area contributed by atoms with E-state index in [1.165, 1.54) is 22.5 Å². The van der Waals surface area contributed by atoms with Crippen LogP contribution in [-0.2, 0) is 19.9 Å². The first-order valence-corrected chi connectivity index (χ1v) is 10.5. The topological polar surface area (TPSA) is 83.6 Å². The molecule has 1 aliphatic rings. The third-order valence-corrected chi connectivity index (χ3v) is 7.25. The van der Waals surface area contributed by atoms with Gasteiger partial charge in [0.1, 0.15) is 0 Å². The van der Waals surface area contributed by atoms with Gasteiger partial charge in [-0.1, -0.05) is 0 Å². The zero-order valence-corrected chi connectivity index (χ0v) is 16.1. The fourth-order valence-electron chi connectivity index (χ4n) is 2.17. The molecule has 0 spiro atoms. The minimum Gasteiger partial charge on any atom is -0.312 e.